The van der Waals surface area contributed by atoms with Crippen molar-refractivity contribution in [2.24, 2.45) is 5.10 Å². The van der Waals surface area contributed by atoms with E-state index in [0.29, 0.717) is 10.6 Å². The van der Waals surface area contributed by atoms with Crippen LogP contribution in [-0.2, 0) is 13.1 Å². The minimum Gasteiger partial charge on any atom is -0.363 e. The maximum absolute atomic E-state index is 12.5. The molecule has 0 bridgehead atoms. The number of halogens is 1. The molecule has 1 N–H and O–H groups in total. The zero-order valence-corrected chi connectivity index (χ0v) is 17.2. The first-order valence-corrected chi connectivity index (χ1v) is 9.90. The fourth-order valence-electron chi connectivity index (χ4n) is 3.50. The van der Waals surface area contributed by atoms with E-state index in [1.165, 1.54) is 22.3 Å². The third-order valence-electron chi connectivity index (χ3n) is 5.26. The van der Waals surface area contributed by atoms with Gasteiger partial charge in [-0.1, -0.05) is 41.9 Å². The number of hydrogen-bond donors (Lipinski definition) is 1. The lowest BCUT2D eigenvalue weighted by Gasteiger charge is -2.18. The summed E-state index contributed by atoms with van der Waals surface area (Å²) in [5.41, 5.74) is 10.4. The molecule has 146 valence electrons. The number of carbonyl (C=O) groups excluding carboxylic acids is 1. The van der Waals surface area contributed by atoms with Crippen LogP contribution in [-0.4, -0.2) is 12.1 Å². The Morgan fingerprint density at radius 3 is 2.31 bits per heavy atom. The first-order valence-electron chi connectivity index (χ1n) is 9.52. The van der Waals surface area contributed by atoms with Crippen molar-refractivity contribution in [3.8, 4) is 0 Å². The number of aryl methyl sites for hydroxylation is 2. The Morgan fingerprint density at radius 1 is 1.00 bits per heavy atom. The van der Waals surface area contributed by atoms with Crippen molar-refractivity contribution in [1.82, 2.24) is 5.43 Å². The Hall–Kier alpha value is -3.11. The molecule has 0 saturated carbocycles. The Labute approximate surface area is 175 Å². The number of hydrazone groups is 1. The molecule has 0 unspecified atom stereocenters. The number of rotatable bonds is 4. The minimum absolute atomic E-state index is 0.236. The lowest BCUT2D eigenvalue weighted by Crippen LogP contribution is -2.19. The molecule has 5 heteroatoms. The quantitative estimate of drug-likeness (QED) is 0.478. The van der Waals surface area contributed by atoms with Crippen molar-refractivity contribution < 1.29 is 4.79 Å². The van der Waals surface area contributed by atoms with Gasteiger partial charge >= 0.3 is 0 Å². The van der Waals surface area contributed by atoms with Crippen LogP contribution in [0.3, 0.4) is 0 Å². The maximum Gasteiger partial charge on any atom is 0.271 e. The second-order valence-electron chi connectivity index (χ2n) is 7.36. The molecule has 0 saturated heterocycles. The fraction of sp³-hybridized carbons (Fsp3) is 0.167. The van der Waals surface area contributed by atoms with E-state index >= 15 is 0 Å². The number of benzene rings is 3. The normalized spacial score (nSPS) is 13.0. The van der Waals surface area contributed by atoms with Crippen molar-refractivity contribution in [1.29, 1.82) is 0 Å². The van der Waals surface area contributed by atoms with Gasteiger partial charge in [-0.15, -0.1) is 0 Å². The van der Waals surface area contributed by atoms with E-state index in [0.717, 1.165) is 24.3 Å². The summed E-state index contributed by atoms with van der Waals surface area (Å²) in [5, 5.41) is 4.71. The maximum atomic E-state index is 12.5. The van der Waals surface area contributed by atoms with Gasteiger partial charge in [0.05, 0.1) is 6.21 Å². The average molecular weight is 404 g/mol. The van der Waals surface area contributed by atoms with E-state index in [1.54, 1.807) is 24.4 Å². The lowest BCUT2D eigenvalue weighted by atomic mass is 10.0. The van der Waals surface area contributed by atoms with Gasteiger partial charge in [0.2, 0.25) is 0 Å². The molecule has 1 aliphatic heterocycles. The Balaban J connectivity index is 1.45. The number of anilines is 1. The monoisotopic (exact) mass is 403 g/mol. The largest absolute Gasteiger partial charge is 0.363 e. The number of amides is 1. The molecule has 4 rings (SSSR count). The van der Waals surface area contributed by atoms with Crippen molar-refractivity contribution >= 4 is 29.4 Å². The van der Waals surface area contributed by atoms with Gasteiger partial charge in [-0.2, -0.15) is 5.10 Å². The summed E-state index contributed by atoms with van der Waals surface area (Å²) in [6, 6.07) is 19.5. The highest BCUT2D eigenvalue weighted by Crippen LogP contribution is 2.30. The fourth-order valence-corrected chi connectivity index (χ4v) is 3.63. The predicted octanol–water partition coefficient (Wildman–Crippen LogP) is 5.24. The third-order valence-corrected chi connectivity index (χ3v) is 5.51. The van der Waals surface area contributed by atoms with Crippen LogP contribution in [0.15, 0.2) is 65.8 Å². The topological polar surface area (TPSA) is 44.7 Å². The molecule has 0 aliphatic carbocycles. The summed E-state index contributed by atoms with van der Waals surface area (Å²) in [4.78, 5) is 14.8. The number of fused-ring (bicyclic) bond motifs is 1. The van der Waals surface area contributed by atoms with Crippen molar-refractivity contribution in [3.63, 3.8) is 0 Å². The standard InChI is InChI=1S/C24H22ClN3O/c1-16-10-20-14-28(15-21(20)11-17(16)2)23-5-3-4-19(12-23)24(29)27-26-13-18-6-8-22(25)9-7-18/h3-13H,14-15H2,1-2H3,(H,27,29)/b26-13-. The second-order valence-corrected chi connectivity index (χ2v) is 7.80. The number of carbonyl (C=O) groups is 1. The van der Waals surface area contributed by atoms with Crippen molar-refractivity contribution in [2.75, 3.05) is 4.90 Å². The van der Waals surface area contributed by atoms with Crippen molar-refractivity contribution in [3.05, 3.63) is 99.1 Å². The van der Waals surface area contributed by atoms with Gasteiger partial charge in [-0.05, 0) is 72.0 Å². The molecule has 3 aromatic rings. The molecule has 3 aromatic carbocycles. The predicted molar refractivity (Wildman–Crippen MR) is 119 cm³/mol. The van der Waals surface area contributed by atoms with Gasteiger partial charge < -0.3 is 4.90 Å². The van der Waals surface area contributed by atoms with Crippen LogP contribution in [0.25, 0.3) is 0 Å². The van der Waals surface area contributed by atoms with Crippen LogP contribution in [0.5, 0.6) is 0 Å². The summed E-state index contributed by atoms with van der Waals surface area (Å²) in [5.74, 6) is -0.236. The molecule has 4 nitrogen and oxygen atoms in total. The highest BCUT2D eigenvalue weighted by atomic mass is 35.5. The molecule has 0 aromatic heterocycles. The van der Waals surface area contributed by atoms with E-state index in [4.69, 9.17) is 11.6 Å². The summed E-state index contributed by atoms with van der Waals surface area (Å²) in [6.07, 6.45) is 1.60. The van der Waals surface area contributed by atoms with Crippen LogP contribution in [0.1, 0.15) is 38.2 Å². The summed E-state index contributed by atoms with van der Waals surface area (Å²) < 4.78 is 0. The number of hydrogen-bond acceptors (Lipinski definition) is 3. The van der Waals surface area contributed by atoms with Gasteiger partial charge in [-0.3, -0.25) is 4.79 Å². The first-order chi connectivity index (χ1) is 14.0. The van der Waals surface area contributed by atoms with E-state index in [2.05, 4.69) is 41.4 Å². The van der Waals surface area contributed by atoms with Gasteiger partial charge in [0.1, 0.15) is 0 Å². The first kappa shape index (κ1) is 19.2. The highest BCUT2D eigenvalue weighted by molar-refractivity contribution is 6.30. The van der Waals surface area contributed by atoms with Crippen LogP contribution in [0.2, 0.25) is 5.02 Å². The van der Waals surface area contributed by atoms with E-state index in [1.807, 2.05) is 30.3 Å². The molecule has 0 radical (unpaired) electrons. The number of nitrogens with zero attached hydrogens (tertiary/aromatic N) is 2. The molecule has 1 amide bonds. The molecule has 0 fully saturated rings. The van der Waals surface area contributed by atoms with Crippen LogP contribution >= 0.6 is 11.6 Å². The molecule has 1 heterocycles. The van der Waals surface area contributed by atoms with Gasteiger partial charge in [-0.25, -0.2) is 5.43 Å². The van der Waals surface area contributed by atoms with E-state index in [9.17, 15) is 4.79 Å². The van der Waals surface area contributed by atoms with Crippen LogP contribution < -0.4 is 10.3 Å². The second kappa shape index (κ2) is 8.10. The average Bonchev–Trinajstić information content (AvgIpc) is 3.12. The lowest BCUT2D eigenvalue weighted by molar-refractivity contribution is 0.0955. The minimum atomic E-state index is -0.236. The van der Waals surface area contributed by atoms with Crippen LogP contribution in [0, 0.1) is 13.8 Å². The van der Waals surface area contributed by atoms with Gasteiger partial charge in [0.25, 0.3) is 5.91 Å². The molecule has 1 aliphatic rings. The van der Waals surface area contributed by atoms with Gasteiger partial charge in [0, 0.05) is 29.4 Å². The zero-order chi connectivity index (χ0) is 20.4. The van der Waals surface area contributed by atoms with E-state index < -0.39 is 0 Å². The van der Waals surface area contributed by atoms with Gasteiger partial charge in [0.15, 0.2) is 0 Å². The summed E-state index contributed by atoms with van der Waals surface area (Å²) >= 11 is 5.87. The zero-order valence-electron chi connectivity index (χ0n) is 16.4. The summed E-state index contributed by atoms with van der Waals surface area (Å²) in [7, 11) is 0. The third kappa shape index (κ3) is 4.33. The number of nitrogens with one attached hydrogen (secondary N) is 1. The summed E-state index contributed by atoms with van der Waals surface area (Å²) in [6.45, 7) is 6.01. The molecule has 29 heavy (non-hydrogen) atoms. The van der Waals surface area contributed by atoms with Crippen LogP contribution in [0.4, 0.5) is 5.69 Å². The molecular formula is C24H22ClN3O. The highest BCUT2D eigenvalue weighted by Gasteiger charge is 2.20. The molecule has 0 atom stereocenters. The Kier molecular flexibility index (Phi) is 5.36. The smallest absolute Gasteiger partial charge is 0.271 e. The Bertz CT molecular complexity index is 1060. The molecule has 0 spiro atoms. The molecular weight excluding hydrogens is 382 g/mol. The van der Waals surface area contributed by atoms with E-state index in [-0.39, 0.29) is 5.91 Å². The van der Waals surface area contributed by atoms with Crippen molar-refractivity contribution in [2.45, 2.75) is 26.9 Å². The Morgan fingerprint density at radius 2 is 1.66 bits per heavy atom. The SMILES string of the molecule is Cc1cc2c(cc1C)CN(c1cccc(C(=O)N/N=C\c3ccc(Cl)cc3)c1)C2.